The van der Waals surface area contributed by atoms with E-state index in [9.17, 15) is 9.59 Å². The lowest BCUT2D eigenvalue weighted by Crippen LogP contribution is -2.46. The molecule has 0 radical (unpaired) electrons. The Balaban J connectivity index is 2.37. The van der Waals surface area contributed by atoms with E-state index in [0.29, 0.717) is 6.54 Å². The number of carboxylic acid groups (broad SMARTS) is 1. The first-order valence-electron chi connectivity index (χ1n) is 5.20. The molecule has 0 spiro atoms. The van der Waals surface area contributed by atoms with Crippen molar-refractivity contribution in [3.05, 3.63) is 30.1 Å². The molecule has 6 nitrogen and oxygen atoms in total. The number of carboxylic acids is 1. The summed E-state index contributed by atoms with van der Waals surface area (Å²) in [6, 6.07) is 4.57. The third kappa shape index (κ3) is 5.07. The Bertz CT molecular complexity index is 381. The van der Waals surface area contributed by atoms with E-state index in [0.717, 1.165) is 5.69 Å². The molecule has 92 valence electrons. The molecule has 1 amide bonds. The molecule has 3 N–H and O–H groups in total. The molecule has 0 bridgehead atoms. The highest BCUT2D eigenvalue weighted by Crippen LogP contribution is 1.92. The molecule has 1 unspecified atom stereocenters. The highest BCUT2D eigenvalue weighted by Gasteiger charge is 2.17. The molecule has 1 atom stereocenters. The van der Waals surface area contributed by atoms with Gasteiger partial charge in [0.1, 0.15) is 6.04 Å². The van der Waals surface area contributed by atoms with Gasteiger partial charge >= 0.3 is 5.97 Å². The van der Waals surface area contributed by atoms with Crippen LogP contribution in [0.1, 0.15) is 12.6 Å². The summed E-state index contributed by atoms with van der Waals surface area (Å²) in [5.41, 5.74) is 0.819. The lowest BCUT2D eigenvalue weighted by molar-refractivity contribution is -0.141. The number of aliphatic carboxylic acids is 1. The Kier molecular flexibility index (Phi) is 5.09. The van der Waals surface area contributed by atoms with Crippen molar-refractivity contribution in [1.29, 1.82) is 0 Å². The standard InChI is InChI=1S/C11H15N3O3/c1-8(15)14-10(11(16)17)7-12-6-9-4-2-3-5-13-9/h2-5,10,12H,6-7H2,1H3,(H,14,15)(H,16,17). The first-order chi connectivity index (χ1) is 8.09. The van der Waals surface area contributed by atoms with Crippen LogP contribution < -0.4 is 10.6 Å². The van der Waals surface area contributed by atoms with Gasteiger partial charge in [-0.05, 0) is 12.1 Å². The summed E-state index contributed by atoms with van der Waals surface area (Å²) in [6.07, 6.45) is 1.67. The first kappa shape index (κ1) is 13.1. The number of carbonyl (C=O) groups excluding carboxylic acids is 1. The van der Waals surface area contributed by atoms with Crippen LogP contribution in [0.15, 0.2) is 24.4 Å². The average molecular weight is 237 g/mol. The normalized spacial score (nSPS) is 11.8. The van der Waals surface area contributed by atoms with Crippen LogP contribution in [0.3, 0.4) is 0 Å². The largest absolute Gasteiger partial charge is 0.480 e. The van der Waals surface area contributed by atoms with Gasteiger partial charge in [0.05, 0.1) is 5.69 Å². The zero-order valence-corrected chi connectivity index (χ0v) is 9.51. The summed E-state index contributed by atoms with van der Waals surface area (Å²) in [5.74, 6) is -1.43. The number of amides is 1. The quantitative estimate of drug-likeness (QED) is 0.635. The second-order valence-corrected chi connectivity index (χ2v) is 3.54. The summed E-state index contributed by atoms with van der Waals surface area (Å²) in [4.78, 5) is 25.7. The predicted octanol–water partition coefficient (Wildman–Crippen LogP) is -0.240. The number of nitrogens with one attached hydrogen (secondary N) is 2. The fourth-order valence-corrected chi connectivity index (χ4v) is 1.29. The van der Waals surface area contributed by atoms with E-state index in [-0.39, 0.29) is 12.5 Å². The van der Waals surface area contributed by atoms with Gasteiger partial charge in [-0.1, -0.05) is 6.07 Å². The minimum atomic E-state index is -1.06. The van der Waals surface area contributed by atoms with Crippen molar-refractivity contribution in [1.82, 2.24) is 15.6 Å². The number of pyridine rings is 1. The number of nitrogens with zero attached hydrogens (tertiary/aromatic N) is 1. The Morgan fingerprint density at radius 2 is 2.24 bits per heavy atom. The summed E-state index contributed by atoms with van der Waals surface area (Å²) < 4.78 is 0. The van der Waals surface area contributed by atoms with E-state index in [1.807, 2.05) is 12.1 Å². The van der Waals surface area contributed by atoms with Crippen molar-refractivity contribution in [3.8, 4) is 0 Å². The maximum Gasteiger partial charge on any atom is 0.327 e. The smallest absolute Gasteiger partial charge is 0.327 e. The highest BCUT2D eigenvalue weighted by molar-refractivity contribution is 5.82. The molecule has 1 aromatic heterocycles. The van der Waals surface area contributed by atoms with Gasteiger partial charge in [-0.25, -0.2) is 4.79 Å². The topological polar surface area (TPSA) is 91.3 Å². The highest BCUT2D eigenvalue weighted by atomic mass is 16.4. The summed E-state index contributed by atoms with van der Waals surface area (Å²) in [7, 11) is 0. The molecular weight excluding hydrogens is 222 g/mol. The van der Waals surface area contributed by atoms with Gasteiger partial charge in [0.15, 0.2) is 0 Å². The Morgan fingerprint density at radius 1 is 1.47 bits per heavy atom. The van der Waals surface area contributed by atoms with Gasteiger partial charge in [-0.15, -0.1) is 0 Å². The van der Waals surface area contributed by atoms with Crippen LogP contribution >= 0.6 is 0 Å². The second-order valence-electron chi connectivity index (χ2n) is 3.54. The molecule has 0 fully saturated rings. The zero-order chi connectivity index (χ0) is 12.7. The molecule has 0 aliphatic carbocycles. The van der Waals surface area contributed by atoms with Crippen molar-refractivity contribution in [2.45, 2.75) is 19.5 Å². The second kappa shape index (κ2) is 6.59. The zero-order valence-electron chi connectivity index (χ0n) is 9.51. The van der Waals surface area contributed by atoms with Crippen molar-refractivity contribution in [3.63, 3.8) is 0 Å². The molecule has 0 aliphatic rings. The van der Waals surface area contributed by atoms with E-state index in [1.54, 1.807) is 12.3 Å². The first-order valence-corrected chi connectivity index (χ1v) is 5.20. The van der Waals surface area contributed by atoms with Gasteiger partial charge in [0.25, 0.3) is 0 Å². The van der Waals surface area contributed by atoms with Gasteiger partial charge < -0.3 is 15.7 Å². The van der Waals surface area contributed by atoms with Gasteiger partial charge in [-0.3, -0.25) is 9.78 Å². The number of hydrogen-bond donors (Lipinski definition) is 3. The molecular formula is C11H15N3O3. The third-order valence-electron chi connectivity index (χ3n) is 2.06. The monoisotopic (exact) mass is 237 g/mol. The Hall–Kier alpha value is -1.95. The maximum atomic E-state index is 10.8. The molecule has 1 rings (SSSR count). The van der Waals surface area contributed by atoms with Crippen molar-refractivity contribution in [2.24, 2.45) is 0 Å². The van der Waals surface area contributed by atoms with Gasteiger partial charge in [0, 0.05) is 26.2 Å². The number of aromatic nitrogens is 1. The molecule has 17 heavy (non-hydrogen) atoms. The number of carbonyl (C=O) groups is 2. The number of hydrogen-bond acceptors (Lipinski definition) is 4. The maximum absolute atomic E-state index is 10.8. The van der Waals surface area contributed by atoms with E-state index < -0.39 is 12.0 Å². The van der Waals surface area contributed by atoms with Gasteiger partial charge in [0.2, 0.25) is 5.91 Å². The molecule has 0 aromatic carbocycles. The minimum absolute atomic E-state index is 0.158. The van der Waals surface area contributed by atoms with Crippen LogP contribution in [-0.4, -0.2) is 34.6 Å². The lowest BCUT2D eigenvalue weighted by atomic mass is 10.3. The minimum Gasteiger partial charge on any atom is -0.480 e. The van der Waals surface area contributed by atoms with E-state index >= 15 is 0 Å². The molecule has 0 saturated heterocycles. The fourth-order valence-electron chi connectivity index (χ4n) is 1.29. The van der Waals surface area contributed by atoms with Crippen molar-refractivity contribution < 1.29 is 14.7 Å². The van der Waals surface area contributed by atoms with Crippen LogP contribution in [0, 0.1) is 0 Å². The summed E-state index contributed by atoms with van der Waals surface area (Å²) in [5, 5.41) is 14.1. The van der Waals surface area contributed by atoms with Crippen molar-refractivity contribution >= 4 is 11.9 Å². The SMILES string of the molecule is CC(=O)NC(CNCc1ccccn1)C(=O)O. The molecule has 0 saturated carbocycles. The molecule has 1 heterocycles. The molecule has 1 aromatic rings. The van der Waals surface area contributed by atoms with Gasteiger partial charge in [-0.2, -0.15) is 0 Å². The van der Waals surface area contributed by atoms with Crippen molar-refractivity contribution in [2.75, 3.05) is 6.54 Å². The molecule has 0 aliphatic heterocycles. The average Bonchev–Trinajstić information content (AvgIpc) is 2.28. The van der Waals surface area contributed by atoms with E-state index in [4.69, 9.17) is 5.11 Å². The Morgan fingerprint density at radius 3 is 2.76 bits per heavy atom. The lowest BCUT2D eigenvalue weighted by Gasteiger charge is -2.13. The summed E-state index contributed by atoms with van der Waals surface area (Å²) in [6.45, 7) is 1.91. The van der Waals surface area contributed by atoms with Crippen LogP contribution in [-0.2, 0) is 16.1 Å². The van der Waals surface area contributed by atoms with Crippen LogP contribution in [0.5, 0.6) is 0 Å². The summed E-state index contributed by atoms with van der Waals surface area (Å²) >= 11 is 0. The van der Waals surface area contributed by atoms with E-state index in [1.165, 1.54) is 6.92 Å². The number of rotatable bonds is 6. The van der Waals surface area contributed by atoms with E-state index in [2.05, 4.69) is 15.6 Å². The molecule has 6 heteroatoms. The fraction of sp³-hybridized carbons (Fsp3) is 0.364. The predicted molar refractivity (Wildman–Crippen MR) is 61.2 cm³/mol. The van der Waals surface area contributed by atoms with Crippen LogP contribution in [0.4, 0.5) is 0 Å². The van der Waals surface area contributed by atoms with Crippen LogP contribution in [0.2, 0.25) is 0 Å². The Labute approximate surface area is 99.1 Å². The third-order valence-corrected chi connectivity index (χ3v) is 2.06. The van der Waals surface area contributed by atoms with Crippen LogP contribution in [0.25, 0.3) is 0 Å².